The molecule has 0 unspecified atom stereocenters. The van der Waals surface area contributed by atoms with Gasteiger partial charge in [-0.2, -0.15) is 0 Å². The van der Waals surface area contributed by atoms with Gasteiger partial charge in [0.25, 0.3) is 0 Å². The van der Waals surface area contributed by atoms with E-state index in [1.165, 1.54) is 0 Å². The van der Waals surface area contributed by atoms with Crippen LogP contribution < -0.4 is 4.74 Å². The number of rotatable bonds is 4. The van der Waals surface area contributed by atoms with E-state index in [1.807, 2.05) is 38.1 Å². The SMILES string of the molecule is CC/C(=C(\C)C=O)c1cccc(OC)c1. The summed E-state index contributed by atoms with van der Waals surface area (Å²) in [4.78, 5) is 10.7. The van der Waals surface area contributed by atoms with Crippen molar-refractivity contribution in [1.29, 1.82) is 0 Å². The van der Waals surface area contributed by atoms with Gasteiger partial charge in [0.05, 0.1) is 7.11 Å². The molecule has 0 radical (unpaired) electrons. The van der Waals surface area contributed by atoms with E-state index in [1.54, 1.807) is 7.11 Å². The second-order valence-electron chi connectivity index (χ2n) is 3.36. The second kappa shape index (κ2) is 5.35. The highest BCUT2D eigenvalue weighted by Gasteiger charge is 2.04. The monoisotopic (exact) mass is 204 g/mol. The Hall–Kier alpha value is -1.57. The average Bonchev–Trinajstić information content (AvgIpc) is 2.30. The summed E-state index contributed by atoms with van der Waals surface area (Å²) in [6.07, 6.45) is 1.75. The lowest BCUT2D eigenvalue weighted by Gasteiger charge is -2.08. The van der Waals surface area contributed by atoms with Crippen molar-refractivity contribution in [2.45, 2.75) is 20.3 Å². The molecule has 0 aliphatic heterocycles. The zero-order valence-corrected chi connectivity index (χ0v) is 9.41. The smallest absolute Gasteiger partial charge is 0.146 e. The lowest BCUT2D eigenvalue weighted by molar-refractivity contribution is -0.104. The third kappa shape index (κ3) is 2.69. The minimum atomic E-state index is 0.783. The van der Waals surface area contributed by atoms with Crippen LogP contribution in [0.15, 0.2) is 29.8 Å². The molecule has 2 nitrogen and oxygen atoms in total. The maximum Gasteiger partial charge on any atom is 0.146 e. The van der Waals surface area contributed by atoms with E-state index in [-0.39, 0.29) is 0 Å². The molecule has 0 aromatic heterocycles. The quantitative estimate of drug-likeness (QED) is 0.556. The van der Waals surface area contributed by atoms with Gasteiger partial charge >= 0.3 is 0 Å². The van der Waals surface area contributed by atoms with Crippen LogP contribution >= 0.6 is 0 Å². The number of benzene rings is 1. The summed E-state index contributed by atoms with van der Waals surface area (Å²) in [5.74, 6) is 0.817. The van der Waals surface area contributed by atoms with E-state index < -0.39 is 0 Å². The number of carbonyl (C=O) groups excluding carboxylic acids is 1. The van der Waals surface area contributed by atoms with Crippen molar-refractivity contribution in [3.63, 3.8) is 0 Å². The summed E-state index contributed by atoms with van der Waals surface area (Å²) in [6, 6.07) is 7.77. The number of allylic oxidation sites excluding steroid dienone is 2. The lowest BCUT2D eigenvalue weighted by Crippen LogP contribution is -1.91. The van der Waals surface area contributed by atoms with E-state index in [0.717, 1.165) is 35.2 Å². The first-order valence-corrected chi connectivity index (χ1v) is 5.02. The van der Waals surface area contributed by atoms with Gasteiger partial charge in [-0.15, -0.1) is 0 Å². The van der Waals surface area contributed by atoms with Crippen LogP contribution in [0.4, 0.5) is 0 Å². The topological polar surface area (TPSA) is 26.3 Å². The standard InChI is InChI=1S/C13H16O2/c1-4-13(10(2)9-14)11-6-5-7-12(8-11)15-3/h5-9H,4H2,1-3H3/b13-10-. The molecule has 0 saturated carbocycles. The molecule has 1 rings (SSSR count). The molecule has 0 heterocycles. The molecule has 0 atom stereocenters. The summed E-state index contributed by atoms with van der Waals surface area (Å²) >= 11 is 0. The predicted molar refractivity (Wildman–Crippen MR) is 61.9 cm³/mol. The first-order chi connectivity index (χ1) is 7.22. The molecule has 0 aliphatic carbocycles. The van der Waals surface area contributed by atoms with Crippen LogP contribution in [0, 0.1) is 0 Å². The molecule has 0 fully saturated rings. The van der Waals surface area contributed by atoms with Crippen LogP contribution in [0.3, 0.4) is 0 Å². The Morgan fingerprint density at radius 1 is 1.47 bits per heavy atom. The third-order valence-electron chi connectivity index (χ3n) is 2.42. The summed E-state index contributed by atoms with van der Waals surface area (Å²) in [7, 11) is 1.64. The Balaban J connectivity index is 3.18. The Morgan fingerprint density at radius 3 is 2.73 bits per heavy atom. The van der Waals surface area contributed by atoms with Crippen molar-refractivity contribution in [1.82, 2.24) is 0 Å². The van der Waals surface area contributed by atoms with Crippen LogP contribution in [0.2, 0.25) is 0 Å². The Labute approximate surface area is 90.6 Å². The molecule has 1 aromatic carbocycles. The molecule has 15 heavy (non-hydrogen) atoms. The van der Waals surface area contributed by atoms with E-state index in [0.29, 0.717) is 0 Å². The highest BCUT2D eigenvalue weighted by molar-refractivity contribution is 5.87. The van der Waals surface area contributed by atoms with Gasteiger partial charge in [0.15, 0.2) is 0 Å². The van der Waals surface area contributed by atoms with Crippen molar-refractivity contribution < 1.29 is 9.53 Å². The fraction of sp³-hybridized carbons (Fsp3) is 0.308. The number of aldehydes is 1. The molecule has 0 spiro atoms. The van der Waals surface area contributed by atoms with Gasteiger partial charge in [-0.3, -0.25) is 4.79 Å². The molecule has 1 aromatic rings. The van der Waals surface area contributed by atoms with Crippen molar-refractivity contribution in [3.05, 3.63) is 35.4 Å². The van der Waals surface area contributed by atoms with Gasteiger partial charge in [-0.25, -0.2) is 0 Å². The van der Waals surface area contributed by atoms with E-state index in [2.05, 4.69) is 0 Å². The molecule has 0 N–H and O–H groups in total. The predicted octanol–water partition coefficient (Wildman–Crippen LogP) is 3.08. The number of ether oxygens (including phenoxy) is 1. The van der Waals surface area contributed by atoms with Crippen LogP contribution in [0.5, 0.6) is 5.75 Å². The zero-order chi connectivity index (χ0) is 11.3. The summed E-state index contributed by atoms with van der Waals surface area (Å²) in [5.41, 5.74) is 2.91. The average molecular weight is 204 g/mol. The fourth-order valence-electron chi connectivity index (χ4n) is 1.59. The molecular formula is C13H16O2. The lowest BCUT2D eigenvalue weighted by atomic mass is 9.99. The maximum atomic E-state index is 10.7. The maximum absolute atomic E-state index is 10.7. The van der Waals surface area contributed by atoms with Gasteiger partial charge in [-0.1, -0.05) is 19.1 Å². The first kappa shape index (κ1) is 11.5. The van der Waals surface area contributed by atoms with E-state index in [9.17, 15) is 4.79 Å². The number of hydrogen-bond acceptors (Lipinski definition) is 2. The zero-order valence-electron chi connectivity index (χ0n) is 9.41. The number of hydrogen-bond donors (Lipinski definition) is 0. The van der Waals surface area contributed by atoms with E-state index in [4.69, 9.17) is 4.74 Å². The summed E-state index contributed by atoms with van der Waals surface area (Å²) < 4.78 is 5.15. The molecule has 0 aliphatic rings. The first-order valence-electron chi connectivity index (χ1n) is 5.02. The Bertz CT molecular complexity index is 378. The second-order valence-corrected chi connectivity index (χ2v) is 3.36. The van der Waals surface area contributed by atoms with Gasteiger partial charge in [-0.05, 0) is 42.2 Å². The van der Waals surface area contributed by atoms with Crippen molar-refractivity contribution >= 4 is 11.9 Å². The summed E-state index contributed by atoms with van der Waals surface area (Å²) in [5, 5.41) is 0. The normalized spacial score (nSPS) is 11.9. The van der Waals surface area contributed by atoms with Crippen LogP contribution in [-0.2, 0) is 4.79 Å². The Kier molecular flexibility index (Phi) is 4.10. The van der Waals surface area contributed by atoms with Gasteiger partial charge in [0.2, 0.25) is 0 Å². The van der Waals surface area contributed by atoms with Crippen molar-refractivity contribution in [3.8, 4) is 5.75 Å². The largest absolute Gasteiger partial charge is 0.497 e. The molecular weight excluding hydrogens is 188 g/mol. The fourth-order valence-corrected chi connectivity index (χ4v) is 1.59. The third-order valence-corrected chi connectivity index (χ3v) is 2.42. The molecule has 2 heteroatoms. The molecule has 0 bridgehead atoms. The van der Waals surface area contributed by atoms with E-state index >= 15 is 0 Å². The number of methoxy groups -OCH3 is 1. The Morgan fingerprint density at radius 2 is 2.20 bits per heavy atom. The highest BCUT2D eigenvalue weighted by Crippen LogP contribution is 2.24. The van der Waals surface area contributed by atoms with Crippen molar-refractivity contribution in [2.24, 2.45) is 0 Å². The molecule has 0 amide bonds. The highest BCUT2D eigenvalue weighted by atomic mass is 16.5. The minimum Gasteiger partial charge on any atom is -0.497 e. The number of carbonyl (C=O) groups is 1. The molecule has 80 valence electrons. The van der Waals surface area contributed by atoms with Crippen LogP contribution in [0.25, 0.3) is 5.57 Å². The van der Waals surface area contributed by atoms with Crippen LogP contribution in [0.1, 0.15) is 25.8 Å². The van der Waals surface area contributed by atoms with Crippen molar-refractivity contribution in [2.75, 3.05) is 7.11 Å². The van der Waals surface area contributed by atoms with Crippen LogP contribution in [-0.4, -0.2) is 13.4 Å². The van der Waals surface area contributed by atoms with Gasteiger partial charge in [0.1, 0.15) is 12.0 Å². The summed E-state index contributed by atoms with van der Waals surface area (Å²) in [6.45, 7) is 3.88. The minimum absolute atomic E-state index is 0.783. The molecule has 0 saturated heterocycles. The van der Waals surface area contributed by atoms with Gasteiger partial charge in [0, 0.05) is 0 Å². The van der Waals surface area contributed by atoms with Gasteiger partial charge < -0.3 is 4.74 Å².